The van der Waals surface area contributed by atoms with Crippen LogP contribution in [0.25, 0.3) is 0 Å². The summed E-state index contributed by atoms with van der Waals surface area (Å²) in [5, 5.41) is 0. The SMILES string of the molecule is CCC1=C(C(=O)OC)N2C(=O)C(C(C)OC)C2[C@H]1C. The molecule has 5 heteroatoms. The quantitative estimate of drug-likeness (QED) is 0.569. The molecule has 19 heavy (non-hydrogen) atoms. The molecule has 0 radical (unpaired) electrons. The minimum absolute atomic E-state index is 0.0324. The van der Waals surface area contributed by atoms with Gasteiger partial charge in [0.25, 0.3) is 0 Å². The van der Waals surface area contributed by atoms with Crippen molar-refractivity contribution in [1.82, 2.24) is 4.90 Å². The first-order chi connectivity index (χ1) is 8.99. The zero-order chi connectivity index (χ0) is 14.3. The predicted molar refractivity (Wildman–Crippen MR) is 69.1 cm³/mol. The lowest BCUT2D eigenvalue weighted by atomic mass is 9.77. The van der Waals surface area contributed by atoms with Crippen molar-refractivity contribution in [3.05, 3.63) is 11.3 Å². The van der Waals surface area contributed by atoms with Gasteiger partial charge in [-0.1, -0.05) is 13.8 Å². The molecular formula is C14H21NO4. The normalized spacial score (nSPS) is 31.1. The number of nitrogens with zero attached hydrogens (tertiary/aromatic N) is 1. The summed E-state index contributed by atoms with van der Waals surface area (Å²) in [7, 11) is 2.95. The summed E-state index contributed by atoms with van der Waals surface area (Å²) in [5.41, 5.74) is 1.46. The van der Waals surface area contributed by atoms with Crippen molar-refractivity contribution in [3.8, 4) is 0 Å². The van der Waals surface area contributed by atoms with E-state index in [0.717, 1.165) is 12.0 Å². The Morgan fingerprint density at radius 2 is 2.05 bits per heavy atom. The van der Waals surface area contributed by atoms with Gasteiger partial charge < -0.3 is 14.4 Å². The van der Waals surface area contributed by atoms with Crippen molar-refractivity contribution in [2.75, 3.05) is 14.2 Å². The largest absolute Gasteiger partial charge is 0.464 e. The highest BCUT2D eigenvalue weighted by atomic mass is 16.5. The Kier molecular flexibility index (Phi) is 3.67. The van der Waals surface area contributed by atoms with Gasteiger partial charge in [-0.05, 0) is 18.9 Å². The maximum absolute atomic E-state index is 12.3. The van der Waals surface area contributed by atoms with Gasteiger partial charge in [-0.2, -0.15) is 0 Å². The Morgan fingerprint density at radius 1 is 1.42 bits per heavy atom. The van der Waals surface area contributed by atoms with Crippen LogP contribution in [0.1, 0.15) is 27.2 Å². The molecule has 0 aromatic carbocycles. The minimum Gasteiger partial charge on any atom is -0.464 e. The molecule has 0 aromatic heterocycles. The van der Waals surface area contributed by atoms with E-state index in [1.807, 2.05) is 13.8 Å². The Morgan fingerprint density at radius 3 is 2.53 bits per heavy atom. The molecular weight excluding hydrogens is 246 g/mol. The van der Waals surface area contributed by atoms with Crippen LogP contribution in [0.3, 0.4) is 0 Å². The van der Waals surface area contributed by atoms with E-state index < -0.39 is 5.97 Å². The summed E-state index contributed by atoms with van der Waals surface area (Å²) in [6.07, 6.45) is 0.617. The zero-order valence-corrected chi connectivity index (χ0v) is 12.1. The average molecular weight is 267 g/mol. The summed E-state index contributed by atoms with van der Waals surface area (Å²) in [6, 6.07) is 0.0338. The molecule has 2 aliphatic rings. The maximum atomic E-state index is 12.3. The van der Waals surface area contributed by atoms with E-state index in [4.69, 9.17) is 9.47 Å². The fraction of sp³-hybridized carbons (Fsp3) is 0.714. The van der Waals surface area contributed by atoms with E-state index in [0.29, 0.717) is 5.70 Å². The van der Waals surface area contributed by atoms with Crippen LogP contribution in [-0.2, 0) is 19.1 Å². The highest BCUT2D eigenvalue weighted by molar-refractivity contribution is 6.00. The molecule has 4 atom stereocenters. The summed E-state index contributed by atoms with van der Waals surface area (Å²) >= 11 is 0. The van der Waals surface area contributed by atoms with Gasteiger partial charge in [0.2, 0.25) is 5.91 Å². The van der Waals surface area contributed by atoms with Crippen LogP contribution in [-0.4, -0.2) is 43.1 Å². The molecule has 2 rings (SSSR count). The molecule has 1 amide bonds. The second kappa shape index (κ2) is 4.96. The maximum Gasteiger partial charge on any atom is 0.354 e. The van der Waals surface area contributed by atoms with E-state index in [1.54, 1.807) is 12.0 Å². The Hall–Kier alpha value is -1.36. The van der Waals surface area contributed by atoms with Crippen molar-refractivity contribution in [2.24, 2.45) is 11.8 Å². The van der Waals surface area contributed by atoms with E-state index in [1.165, 1.54) is 7.11 Å². The number of rotatable bonds is 4. The van der Waals surface area contributed by atoms with Gasteiger partial charge >= 0.3 is 5.97 Å². The van der Waals surface area contributed by atoms with Gasteiger partial charge in [-0.25, -0.2) is 4.79 Å². The molecule has 1 saturated heterocycles. The van der Waals surface area contributed by atoms with Crippen molar-refractivity contribution in [3.63, 3.8) is 0 Å². The number of esters is 1. The fourth-order valence-corrected chi connectivity index (χ4v) is 3.34. The predicted octanol–water partition coefficient (Wildman–Crippen LogP) is 1.34. The summed E-state index contributed by atoms with van der Waals surface area (Å²) in [5.74, 6) is -0.429. The van der Waals surface area contributed by atoms with Crippen molar-refractivity contribution in [1.29, 1.82) is 0 Å². The molecule has 3 unspecified atom stereocenters. The van der Waals surface area contributed by atoms with E-state index in [-0.39, 0.29) is 29.9 Å². The minimum atomic E-state index is -0.414. The average Bonchev–Trinajstić information content (AvgIpc) is 2.66. The van der Waals surface area contributed by atoms with Crippen LogP contribution in [0, 0.1) is 11.8 Å². The molecule has 0 aliphatic carbocycles. The topological polar surface area (TPSA) is 55.8 Å². The van der Waals surface area contributed by atoms with E-state index >= 15 is 0 Å². The summed E-state index contributed by atoms with van der Waals surface area (Å²) < 4.78 is 10.1. The van der Waals surface area contributed by atoms with Gasteiger partial charge in [-0.3, -0.25) is 4.79 Å². The number of amides is 1. The summed E-state index contributed by atoms with van der Waals surface area (Å²) in [6.45, 7) is 5.96. The first-order valence-corrected chi connectivity index (χ1v) is 6.66. The standard InChI is InChI=1S/C14H21NO4/c1-6-9-7(2)11-10(8(3)18-4)13(16)15(11)12(9)14(17)19-5/h7-8,10-11H,6H2,1-5H3/t7-,8?,10?,11?/m0/s1. The number of methoxy groups -OCH3 is 2. The van der Waals surface area contributed by atoms with Gasteiger partial charge in [0, 0.05) is 13.0 Å². The lowest BCUT2D eigenvalue weighted by Crippen LogP contribution is -2.63. The second-order valence-corrected chi connectivity index (χ2v) is 5.17. The molecule has 0 bridgehead atoms. The van der Waals surface area contributed by atoms with Gasteiger partial charge in [0.05, 0.1) is 25.2 Å². The third-order valence-corrected chi connectivity index (χ3v) is 4.43. The van der Waals surface area contributed by atoms with Gasteiger partial charge in [-0.15, -0.1) is 0 Å². The molecule has 0 N–H and O–H groups in total. The van der Waals surface area contributed by atoms with Crippen LogP contribution >= 0.6 is 0 Å². The van der Waals surface area contributed by atoms with Crippen LogP contribution < -0.4 is 0 Å². The number of fused-ring (bicyclic) bond motifs is 1. The van der Waals surface area contributed by atoms with Crippen molar-refractivity contribution >= 4 is 11.9 Å². The van der Waals surface area contributed by atoms with Crippen LogP contribution in [0.15, 0.2) is 11.3 Å². The summed E-state index contributed by atoms with van der Waals surface area (Å²) in [4.78, 5) is 25.8. The molecule has 2 heterocycles. The van der Waals surface area contributed by atoms with Crippen molar-refractivity contribution in [2.45, 2.75) is 39.3 Å². The lowest BCUT2D eigenvalue weighted by Gasteiger charge is -2.47. The highest BCUT2D eigenvalue weighted by Crippen LogP contribution is 2.48. The Bertz CT molecular complexity index is 443. The van der Waals surface area contributed by atoms with Crippen LogP contribution in [0.4, 0.5) is 0 Å². The first-order valence-electron chi connectivity index (χ1n) is 6.66. The first kappa shape index (κ1) is 14.1. The number of carbonyl (C=O) groups is 2. The number of ether oxygens (including phenoxy) is 2. The monoisotopic (exact) mass is 267 g/mol. The van der Waals surface area contributed by atoms with Crippen molar-refractivity contribution < 1.29 is 19.1 Å². The number of hydrogen-bond donors (Lipinski definition) is 0. The third kappa shape index (κ3) is 1.79. The molecule has 5 nitrogen and oxygen atoms in total. The molecule has 2 aliphatic heterocycles. The lowest BCUT2D eigenvalue weighted by molar-refractivity contribution is -0.165. The highest BCUT2D eigenvalue weighted by Gasteiger charge is 2.59. The molecule has 106 valence electrons. The second-order valence-electron chi connectivity index (χ2n) is 5.17. The molecule has 0 aromatic rings. The zero-order valence-electron chi connectivity index (χ0n) is 12.1. The Balaban J connectivity index is 2.35. The smallest absolute Gasteiger partial charge is 0.354 e. The van der Waals surface area contributed by atoms with Crippen LogP contribution in [0.2, 0.25) is 0 Å². The number of hydrogen-bond acceptors (Lipinski definition) is 4. The van der Waals surface area contributed by atoms with E-state index in [9.17, 15) is 9.59 Å². The van der Waals surface area contributed by atoms with Crippen LogP contribution in [0.5, 0.6) is 0 Å². The number of carbonyl (C=O) groups excluding carboxylic acids is 2. The molecule has 0 spiro atoms. The van der Waals surface area contributed by atoms with Gasteiger partial charge in [0.15, 0.2) is 0 Å². The van der Waals surface area contributed by atoms with Gasteiger partial charge in [0.1, 0.15) is 5.70 Å². The van der Waals surface area contributed by atoms with E-state index in [2.05, 4.69) is 6.92 Å². The number of β-lactam (4-membered cyclic amide) rings is 1. The fourth-order valence-electron chi connectivity index (χ4n) is 3.34. The molecule has 1 fully saturated rings. The third-order valence-electron chi connectivity index (χ3n) is 4.43. The Labute approximate surface area is 113 Å². The molecule has 0 saturated carbocycles.